The molecule has 0 aromatic carbocycles. The maximum Gasteiger partial charge on any atom is 0.330 e. The van der Waals surface area contributed by atoms with Gasteiger partial charge in [-0.25, -0.2) is 9.79 Å². The van der Waals surface area contributed by atoms with Gasteiger partial charge in [0.05, 0.1) is 13.2 Å². The highest BCUT2D eigenvalue weighted by atomic mass is 16.5. The maximum absolute atomic E-state index is 10.9. The average Bonchev–Trinajstić information content (AvgIpc) is 2.01. The van der Waals surface area contributed by atoms with Crippen molar-refractivity contribution >= 4 is 12.0 Å². The number of carbonyl (C=O) groups is 1. The Hall–Kier alpha value is -1.26. The summed E-state index contributed by atoms with van der Waals surface area (Å²) in [7, 11) is 1.30. The van der Waals surface area contributed by atoms with E-state index in [4.69, 9.17) is 10.5 Å². The van der Waals surface area contributed by atoms with E-state index in [-0.39, 0.29) is 12.1 Å². The number of carbonyl (C=O) groups excluding carboxylic acids is 1. The summed E-state index contributed by atoms with van der Waals surface area (Å²) >= 11 is 0. The molecule has 0 fully saturated rings. The van der Waals surface area contributed by atoms with Crippen LogP contribution in [0.15, 0.2) is 4.99 Å². The van der Waals surface area contributed by atoms with Gasteiger partial charge in [0, 0.05) is 0 Å². The van der Waals surface area contributed by atoms with Gasteiger partial charge >= 0.3 is 5.97 Å². The number of hydrogen-bond acceptors (Lipinski definition) is 4. The van der Waals surface area contributed by atoms with Gasteiger partial charge in [0.25, 0.3) is 6.02 Å². The summed E-state index contributed by atoms with van der Waals surface area (Å²) in [4.78, 5) is 14.7. The first kappa shape index (κ1) is 11.7. The second kappa shape index (κ2) is 5.40. The molecule has 0 saturated heterocycles. The van der Waals surface area contributed by atoms with Gasteiger partial charge in [0.15, 0.2) is 0 Å². The second-order valence-corrected chi connectivity index (χ2v) is 2.83. The smallest absolute Gasteiger partial charge is 0.330 e. The lowest BCUT2D eigenvalue weighted by Gasteiger charge is -2.09. The Morgan fingerprint density at radius 3 is 2.31 bits per heavy atom. The van der Waals surface area contributed by atoms with Crippen molar-refractivity contribution in [3.8, 4) is 0 Å². The molecule has 0 saturated carbocycles. The van der Waals surface area contributed by atoms with Gasteiger partial charge in [-0.2, -0.15) is 0 Å². The zero-order valence-electron chi connectivity index (χ0n) is 8.40. The molecule has 0 bridgehead atoms. The first-order valence-corrected chi connectivity index (χ1v) is 4.05. The monoisotopic (exact) mass is 188 g/mol. The van der Waals surface area contributed by atoms with Gasteiger partial charge in [-0.3, -0.25) is 0 Å². The van der Waals surface area contributed by atoms with E-state index in [9.17, 15) is 4.79 Å². The molecule has 1 unspecified atom stereocenters. The molecule has 0 amide bonds. The zero-order valence-corrected chi connectivity index (χ0v) is 8.40. The van der Waals surface area contributed by atoms with Crippen LogP contribution >= 0.6 is 0 Å². The molecule has 0 aliphatic carbocycles. The third kappa shape index (κ3) is 5.05. The Labute approximate surface area is 77.9 Å². The van der Waals surface area contributed by atoms with Gasteiger partial charge in [-0.05, 0) is 20.8 Å². The number of esters is 1. The predicted octanol–water partition coefficient (Wildman–Crippen LogP) is 0.288. The van der Waals surface area contributed by atoms with Crippen molar-refractivity contribution in [3.63, 3.8) is 0 Å². The predicted molar refractivity (Wildman–Crippen MR) is 49.3 cm³/mol. The van der Waals surface area contributed by atoms with Gasteiger partial charge in [-0.1, -0.05) is 0 Å². The first-order chi connectivity index (χ1) is 5.97. The van der Waals surface area contributed by atoms with E-state index in [0.717, 1.165) is 0 Å². The molecule has 0 aliphatic rings. The van der Waals surface area contributed by atoms with Crippen LogP contribution in [0.5, 0.6) is 0 Å². The number of rotatable bonds is 3. The van der Waals surface area contributed by atoms with Crippen molar-refractivity contribution < 1.29 is 14.3 Å². The summed E-state index contributed by atoms with van der Waals surface area (Å²) in [5.41, 5.74) is 5.39. The third-order valence-electron chi connectivity index (χ3n) is 1.22. The minimum atomic E-state index is -0.622. The molecule has 13 heavy (non-hydrogen) atoms. The van der Waals surface area contributed by atoms with E-state index in [1.54, 1.807) is 6.92 Å². The molecule has 2 N–H and O–H groups in total. The highest BCUT2D eigenvalue weighted by Gasteiger charge is 2.12. The molecule has 0 spiro atoms. The van der Waals surface area contributed by atoms with Gasteiger partial charge in [0.2, 0.25) is 0 Å². The van der Waals surface area contributed by atoms with Crippen LogP contribution in [-0.4, -0.2) is 31.2 Å². The fourth-order valence-electron chi connectivity index (χ4n) is 0.686. The van der Waals surface area contributed by atoms with Crippen LogP contribution in [0.1, 0.15) is 20.8 Å². The van der Waals surface area contributed by atoms with E-state index < -0.39 is 12.0 Å². The van der Waals surface area contributed by atoms with Crippen molar-refractivity contribution in [2.24, 2.45) is 10.7 Å². The van der Waals surface area contributed by atoms with E-state index in [2.05, 4.69) is 9.73 Å². The number of hydrogen-bond donors (Lipinski definition) is 1. The van der Waals surface area contributed by atoms with Gasteiger partial charge in [-0.15, -0.1) is 0 Å². The first-order valence-electron chi connectivity index (χ1n) is 4.05. The Balaban J connectivity index is 4.13. The summed E-state index contributed by atoms with van der Waals surface area (Å²) in [6.45, 7) is 5.23. The lowest BCUT2D eigenvalue weighted by Crippen LogP contribution is -2.26. The lowest BCUT2D eigenvalue weighted by molar-refractivity contribution is -0.141. The van der Waals surface area contributed by atoms with Crippen LogP contribution < -0.4 is 5.73 Å². The van der Waals surface area contributed by atoms with Crippen LogP contribution in [0.4, 0.5) is 0 Å². The van der Waals surface area contributed by atoms with Crippen LogP contribution in [0, 0.1) is 0 Å². The maximum atomic E-state index is 10.9. The molecule has 0 rings (SSSR count). The van der Waals surface area contributed by atoms with Gasteiger partial charge < -0.3 is 15.2 Å². The molecule has 0 aromatic rings. The van der Waals surface area contributed by atoms with Gasteiger partial charge in [0.1, 0.15) is 6.04 Å². The average molecular weight is 188 g/mol. The van der Waals surface area contributed by atoms with E-state index in [1.165, 1.54) is 7.11 Å². The van der Waals surface area contributed by atoms with Crippen LogP contribution in [0.2, 0.25) is 0 Å². The normalized spacial score (nSPS) is 14.1. The summed E-state index contributed by atoms with van der Waals surface area (Å²) < 4.78 is 9.50. The molecule has 0 heterocycles. The number of nitrogens with two attached hydrogens (primary N) is 1. The van der Waals surface area contributed by atoms with Crippen LogP contribution in [0.25, 0.3) is 0 Å². The molecule has 0 radical (unpaired) electrons. The van der Waals surface area contributed by atoms with Crippen molar-refractivity contribution in [2.45, 2.75) is 32.9 Å². The quantitative estimate of drug-likeness (QED) is 0.392. The molecule has 1 atom stereocenters. The van der Waals surface area contributed by atoms with Crippen molar-refractivity contribution in [2.75, 3.05) is 7.11 Å². The molecular formula is C8H16N2O3. The van der Waals surface area contributed by atoms with Crippen molar-refractivity contribution in [1.29, 1.82) is 0 Å². The number of ether oxygens (including phenoxy) is 2. The third-order valence-corrected chi connectivity index (χ3v) is 1.22. The lowest BCUT2D eigenvalue weighted by atomic mass is 10.4. The standard InChI is InChI=1S/C8H16N2O3/c1-5(2)13-8(9)10-6(3)7(11)12-4/h5-6H,1-4H3,(H2,9,10). The number of amidine groups is 1. The molecule has 5 heteroatoms. The molecule has 76 valence electrons. The van der Waals surface area contributed by atoms with Crippen LogP contribution in [0.3, 0.4) is 0 Å². The summed E-state index contributed by atoms with van der Waals surface area (Å²) in [6.07, 6.45) is -0.0476. The molecule has 0 aliphatic heterocycles. The molecule has 0 aromatic heterocycles. The summed E-state index contributed by atoms with van der Waals surface area (Å²) in [6, 6.07) is -0.614. The number of aliphatic imine (C=N–C) groups is 1. The number of nitrogens with zero attached hydrogens (tertiary/aromatic N) is 1. The summed E-state index contributed by atoms with van der Waals surface area (Å²) in [5.74, 6) is -0.435. The summed E-state index contributed by atoms with van der Waals surface area (Å²) in [5, 5.41) is 0. The van der Waals surface area contributed by atoms with Crippen LogP contribution in [-0.2, 0) is 14.3 Å². The minimum absolute atomic E-state index is 0.00731. The Morgan fingerprint density at radius 1 is 1.38 bits per heavy atom. The highest BCUT2D eigenvalue weighted by Crippen LogP contribution is 1.95. The fraction of sp³-hybridized carbons (Fsp3) is 0.750. The Kier molecular flexibility index (Phi) is 4.87. The molecule has 5 nitrogen and oxygen atoms in total. The Morgan fingerprint density at radius 2 is 1.92 bits per heavy atom. The zero-order chi connectivity index (χ0) is 10.4. The van der Waals surface area contributed by atoms with E-state index in [0.29, 0.717) is 0 Å². The van der Waals surface area contributed by atoms with E-state index >= 15 is 0 Å². The SMILES string of the molecule is COC(=O)C(C)N=C(N)OC(C)C. The van der Waals surface area contributed by atoms with Crippen molar-refractivity contribution in [3.05, 3.63) is 0 Å². The highest BCUT2D eigenvalue weighted by molar-refractivity contribution is 5.80. The fourth-order valence-corrected chi connectivity index (χ4v) is 0.686. The second-order valence-electron chi connectivity index (χ2n) is 2.83. The minimum Gasteiger partial charge on any atom is -0.467 e. The Bertz CT molecular complexity index is 202. The number of methoxy groups -OCH3 is 1. The topological polar surface area (TPSA) is 73.9 Å². The van der Waals surface area contributed by atoms with Crippen molar-refractivity contribution in [1.82, 2.24) is 0 Å². The molecular weight excluding hydrogens is 172 g/mol. The van der Waals surface area contributed by atoms with E-state index in [1.807, 2.05) is 13.8 Å². The largest absolute Gasteiger partial charge is 0.467 e.